The van der Waals surface area contributed by atoms with Gasteiger partial charge in [-0.2, -0.15) is 0 Å². The Morgan fingerprint density at radius 1 is 1.06 bits per heavy atom. The largest absolute Gasteiger partial charge is 0.376 e. The van der Waals surface area contributed by atoms with Gasteiger partial charge in [-0.1, -0.05) is 39.4 Å². The molecule has 0 atom stereocenters. The highest BCUT2D eigenvalue weighted by atomic mass is 35.5. The molecule has 32 heavy (non-hydrogen) atoms. The van der Waals surface area contributed by atoms with Crippen LogP contribution < -0.4 is 10.8 Å². The molecule has 4 aromatic heterocycles. The highest BCUT2D eigenvalue weighted by Crippen LogP contribution is 2.34. The van der Waals surface area contributed by atoms with E-state index in [9.17, 15) is 4.39 Å². The minimum absolute atomic E-state index is 0.223. The van der Waals surface area contributed by atoms with Crippen LogP contribution in [0.3, 0.4) is 0 Å². The van der Waals surface area contributed by atoms with E-state index in [1.807, 2.05) is 44.2 Å². The van der Waals surface area contributed by atoms with E-state index in [2.05, 4.69) is 38.6 Å². The summed E-state index contributed by atoms with van der Waals surface area (Å²) >= 11 is 6.54. The quantitative estimate of drug-likeness (QED) is 0.353. The predicted molar refractivity (Wildman–Crippen MR) is 134 cm³/mol. The first kappa shape index (κ1) is 24.0. The standard InChI is InChI=1S/C22H20ClFN5P.C2H6/c1-13-19(23)22(27-12-15-6-4-5-9-25-15)21-17(28-13)10-16(24)20(29-21)14-7-8-18(26-11-14)30(2)3;1-2/h4-11H,12H2,1-3H3,(H,27,28);1-2H3. The summed E-state index contributed by atoms with van der Waals surface area (Å²) in [6.45, 7) is 10.5. The molecule has 0 aliphatic carbocycles. The van der Waals surface area contributed by atoms with E-state index in [-0.39, 0.29) is 13.6 Å². The van der Waals surface area contributed by atoms with Gasteiger partial charge in [0.2, 0.25) is 0 Å². The first-order valence-corrected chi connectivity index (χ1v) is 13.0. The molecular weight excluding hydrogens is 444 g/mol. The molecule has 0 saturated heterocycles. The molecule has 0 radical (unpaired) electrons. The lowest BCUT2D eigenvalue weighted by atomic mass is 10.1. The SMILES string of the molecule is CC.Cc1nc2cc(F)c(-c3ccc(P(C)C)nc3)nc2c(NCc2ccccn2)c1Cl. The summed E-state index contributed by atoms with van der Waals surface area (Å²) in [6, 6.07) is 10.9. The van der Waals surface area contributed by atoms with Gasteiger partial charge in [0.05, 0.1) is 39.6 Å². The zero-order valence-electron chi connectivity index (χ0n) is 18.8. The summed E-state index contributed by atoms with van der Waals surface area (Å²) in [6.07, 6.45) is 3.40. The van der Waals surface area contributed by atoms with Crippen LogP contribution in [0.25, 0.3) is 22.3 Å². The van der Waals surface area contributed by atoms with Gasteiger partial charge in [-0.05, 0) is 44.5 Å². The molecule has 0 bridgehead atoms. The van der Waals surface area contributed by atoms with Crippen LogP contribution in [0.5, 0.6) is 0 Å². The topological polar surface area (TPSA) is 63.6 Å². The van der Waals surface area contributed by atoms with Crippen molar-refractivity contribution in [2.75, 3.05) is 18.6 Å². The van der Waals surface area contributed by atoms with E-state index >= 15 is 0 Å². The van der Waals surface area contributed by atoms with E-state index < -0.39 is 5.82 Å². The van der Waals surface area contributed by atoms with Crippen molar-refractivity contribution in [2.45, 2.75) is 27.3 Å². The molecule has 0 aromatic carbocycles. The van der Waals surface area contributed by atoms with Crippen LogP contribution in [0.1, 0.15) is 25.2 Å². The molecule has 0 spiro atoms. The fourth-order valence-corrected chi connectivity index (χ4v) is 3.96. The molecular formula is C24H26ClFN5P. The van der Waals surface area contributed by atoms with Gasteiger partial charge in [0.1, 0.15) is 11.2 Å². The van der Waals surface area contributed by atoms with Gasteiger partial charge in [0.15, 0.2) is 5.82 Å². The zero-order valence-corrected chi connectivity index (χ0v) is 20.5. The maximum absolute atomic E-state index is 14.9. The average molecular weight is 470 g/mol. The van der Waals surface area contributed by atoms with Crippen LogP contribution in [0.15, 0.2) is 48.8 Å². The van der Waals surface area contributed by atoms with Crippen molar-refractivity contribution < 1.29 is 4.39 Å². The number of pyridine rings is 4. The second-order valence-electron chi connectivity index (χ2n) is 7.05. The van der Waals surface area contributed by atoms with Crippen molar-refractivity contribution in [3.05, 3.63) is 71.0 Å². The molecule has 5 nitrogen and oxygen atoms in total. The first-order chi connectivity index (χ1) is 15.4. The number of nitrogens with one attached hydrogen (secondary N) is 1. The van der Waals surface area contributed by atoms with Gasteiger partial charge >= 0.3 is 0 Å². The van der Waals surface area contributed by atoms with Gasteiger partial charge < -0.3 is 5.32 Å². The summed E-state index contributed by atoms with van der Waals surface area (Å²) in [5.41, 5.74) is 4.87. The Morgan fingerprint density at radius 2 is 1.84 bits per heavy atom. The van der Waals surface area contributed by atoms with Crippen LogP contribution in [0.4, 0.5) is 10.1 Å². The molecule has 0 saturated carbocycles. The summed E-state index contributed by atoms with van der Waals surface area (Å²) in [5, 5.41) is 3.76. The van der Waals surface area contributed by atoms with Gasteiger partial charge in [0, 0.05) is 24.0 Å². The summed E-state index contributed by atoms with van der Waals surface area (Å²) in [7, 11) is -0.322. The Labute approximate surface area is 194 Å². The molecule has 0 amide bonds. The number of nitrogens with zero attached hydrogens (tertiary/aromatic N) is 4. The number of hydrogen-bond acceptors (Lipinski definition) is 5. The van der Waals surface area contributed by atoms with Crippen LogP contribution >= 0.6 is 19.5 Å². The molecule has 4 heterocycles. The number of halogens is 2. The second-order valence-corrected chi connectivity index (χ2v) is 9.67. The monoisotopic (exact) mass is 469 g/mol. The molecule has 4 aromatic rings. The van der Waals surface area contributed by atoms with Crippen molar-refractivity contribution in [2.24, 2.45) is 0 Å². The fraction of sp³-hybridized carbons (Fsp3) is 0.250. The number of aryl methyl sites for hydroxylation is 1. The lowest BCUT2D eigenvalue weighted by Crippen LogP contribution is -2.06. The van der Waals surface area contributed by atoms with Crippen molar-refractivity contribution >= 4 is 41.7 Å². The first-order valence-electron chi connectivity index (χ1n) is 10.4. The maximum atomic E-state index is 14.9. The van der Waals surface area contributed by atoms with Gasteiger partial charge in [-0.25, -0.2) is 14.4 Å². The Balaban J connectivity index is 0.00000141. The molecule has 0 aliphatic rings. The Hall–Kier alpha value is -2.69. The van der Waals surface area contributed by atoms with E-state index in [1.54, 1.807) is 19.3 Å². The van der Waals surface area contributed by atoms with Crippen molar-refractivity contribution in [1.29, 1.82) is 0 Å². The zero-order chi connectivity index (χ0) is 23.3. The van der Waals surface area contributed by atoms with Crippen molar-refractivity contribution in [3.8, 4) is 11.3 Å². The van der Waals surface area contributed by atoms with E-state index in [0.29, 0.717) is 39.5 Å². The van der Waals surface area contributed by atoms with Crippen LogP contribution in [-0.2, 0) is 6.54 Å². The van der Waals surface area contributed by atoms with Crippen LogP contribution in [0.2, 0.25) is 5.02 Å². The van der Waals surface area contributed by atoms with Crippen molar-refractivity contribution in [1.82, 2.24) is 19.9 Å². The van der Waals surface area contributed by atoms with E-state index in [4.69, 9.17) is 11.6 Å². The molecule has 4 rings (SSSR count). The van der Waals surface area contributed by atoms with E-state index in [0.717, 1.165) is 11.1 Å². The van der Waals surface area contributed by atoms with Crippen molar-refractivity contribution in [3.63, 3.8) is 0 Å². The molecule has 1 N–H and O–H groups in total. The number of rotatable bonds is 5. The molecule has 166 valence electrons. The predicted octanol–water partition coefficient (Wildman–Crippen LogP) is 6.19. The molecule has 0 unspecified atom stereocenters. The highest BCUT2D eigenvalue weighted by molar-refractivity contribution is 7.63. The lowest BCUT2D eigenvalue weighted by Gasteiger charge is -2.14. The van der Waals surface area contributed by atoms with Crippen LogP contribution in [-0.4, -0.2) is 33.3 Å². The number of aromatic nitrogens is 4. The van der Waals surface area contributed by atoms with Gasteiger partial charge in [0.25, 0.3) is 0 Å². The summed E-state index contributed by atoms with van der Waals surface area (Å²) < 4.78 is 14.9. The Bertz CT molecular complexity index is 1200. The number of hydrogen-bond donors (Lipinski definition) is 1. The van der Waals surface area contributed by atoms with Gasteiger partial charge in [-0.3, -0.25) is 9.97 Å². The minimum atomic E-state index is -0.447. The third-order valence-electron chi connectivity index (χ3n) is 4.67. The lowest BCUT2D eigenvalue weighted by molar-refractivity contribution is 0.628. The third kappa shape index (κ3) is 5.20. The smallest absolute Gasteiger partial charge is 0.151 e. The average Bonchev–Trinajstić information content (AvgIpc) is 2.81. The van der Waals surface area contributed by atoms with Gasteiger partial charge in [-0.15, -0.1) is 0 Å². The molecule has 0 aliphatic heterocycles. The number of anilines is 1. The van der Waals surface area contributed by atoms with E-state index in [1.165, 1.54) is 6.07 Å². The summed E-state index contributed by atoms with van der Waals surface area (Å²) in [4.78, 5) is 17.8. The molecule has 8 heteroatoms. The number of fused-ring (bicyclic) bond motifs is 1. The van der Waals surface area contributed by atoms with Crippen LogP contribution in [0, 0.1) is 12.7 Å². The third-order valence-corrected chi connectivity index (χ3v) is 6.31. The minimum Gasteiger partial charge on any atom is -0.376 e. The Morgan fingerprint density at radius 3 is 2.47 bits per heavy atom. The second kappa shape index (κ2) is 10.8. The summed E-state index contributed by atoms with van der Waals surface area (Å²) in [5.74, 6) is -0.447. The normalized spacial score (nSPS) is 10.8. The Kier molecular flexibility index (Phi) is 8.05. The fourth-order valence-electron chi connectivity index (χ4n) is 3.10. The maximum Gasteiger partial charge on any atom is 0.151 e. The molecule has 0 fully saturated rings. The highest BCUT2D eigenvalue weighted by Gasteiger charge is 2.17.